The number of unbranched alkanes of at least 4 members (excludes halogenated alkanes) is 4. The summed E-state index contributed by atoms with van der Waals surface area (Å²) in [7, 11) is 0. The molecule has 24 heavy (non-hydrogen) atoms. The highest BCUT2D eigenvalue weighted by Crippen LogP contribution is 2.11. The fraction of sp³-hybridized carbons (Fsp3) is 0.778. The molecule has 0 aliphatic carbocycles. The van der Waals surface area contributed by atoms with Crippen molar-refractivity contribution in [3.8, 4) is 0 Å². The Balaban J connectivity index is 3.60. The number of aliphatic hydroxyl groups is 1. The molecule has 0 aliphatic rings. The third-order valence-corrected chi connectivity index (χ3v) is 3.88. The molecule has 0 amide bonds. The van der Waals surface area contributed by atoms with Gasteiger partial charge < -0.3 is 10.2 Å². The molecule has 0 aromatic carbocycles. The Morgan fingerprint density at radius 2 is 1.38 bits per heavy atom. The first-order valence-corrected chi connectivity index (χ1v) is 8.84. The van der Waals surface area contributed by atoms with Crippen LogP contribution < -0.4 is 0 Å². The van der Waals surface area contributed by atoms with E-state index >= 15 is 0 Å². The van der Waals surface area contributed by atoms with Gasteiger partial charge in [0.05, 0.1) is 6.10 Å². The lowest BCUT2D eigenvalue weighted by Gasteiger charge is -2.09. The van der Waals surface area contributed by atoms with E-state index in [0.717, 1.165) is 25.7 Å². The number of carboxylic acid groups (broad SMARTS) is 1. The van der Waals surface area contributed by atoms with E-state index in [4.69, 9.17) is 5.11 Å². The van der Waals surface area contributed by atoms with Gasteiger partial charge in [-0.1, -0.05) is 26.2 Å². The van der Waals surface area contributed by atoms with Gasteiger partial charge >= 0.3 is 5.97 Å². The fourth-order valence-corrected chi connectivity index (χ4v) is 2.43. The maximum atomic E-state index is 11.7. The van der Waals surface area contributed by atoms with Gasteiger partial charge in [0.15, 0.2) is 11.6 Å². The Morgan fingerprint density at radius 1 is 0.792 bits per heavy atom. The maximum Gasteiger partial charge on any atom is 0.303 e. The van der Waals surface area contributed by atoms with E-state index in [9.17, 15) is 24.3 Å². The van der Waals surface area contributed by atoms with Gasteiger partial charge in [-0.3, -0.25) is 19.2 Å². The van der Waals surface area contributed by atoms with Crippen molar-refractivity contribution in [2.75, 3.05) is 0 Å². The van der Waals surface area contributed by atoms with E-state index in [1.807, 2.05) is 0 Å². The minimum atomic E-state index is -0.778. The number of carbonyl (C=O) groups excluding carboxylic acids is 3. The lowest BCUT2D eigenvalue weighted by atomic mass is 10.0. The Kier molecular flexibility index (Phi) is 12.9. The molecule has 2 N–H and O–H groups in total. The minimum absolute atomic E-state index is 0.00370. The number of Topliss-reactive ketones (excluding diaryl/α,β-unsaturated/α-hetero) is 3. The van der Waals surface area contributed by atoms with Crippen LogP contribution in [0.1, 0.15) is 84.0 Å². The van der Waals surface area contributed by atoms with Crippen LogP contribution in [0.25, 0.3) is 0 Å². The Morgan fingerprint density at radius 3 is 1.96 bits per heavy atom. The zero-order valence-electron chi connectivity index (χ0n) is 14.6. The van der Waals surface area contributed by atoms with Gasteiger partial charge in [-0.25, -0.2) is 0 Å². The van der Waals surface area contributed by atoms with Gasteiger partial charge in [0.25, 0.3) is 0 Å². The van der Waals surface area contributed by atoms with Crippen molar-refractivity contribution in [3.63, 3.8) is 0 Å². The summed E-state index contributed by atoms with van der Waals surface area (Å²) >= 11 is 0. The molecule has 0 aliphatic heterocycles. The summed E-state index contributed by atoms with van der Waals surface area (Å²) in [4.78, 5) is 44.5. The van der Waals surface area contributed by atoms with Gasteiger partial charge in [-0.05, 0) is 25.7 Å². The molecule has 0 fully saturated rings. The molecule has 0 heterocycles. The van der Waals surface area contributed by atoms with E-state index in [2.05, 4.69) is 0 Å². The Hall–Kier alpha value is -1.56. The quantitative estimate of drug-likeness (QED) is 0.330. The lowest BCUT2D eigenvalue weighted by molar-refractivity contribution is -0.137. The summed E-state index contributed by atoms with van der Waals surface area (Å²) < 4.78 is 0. The first-order valence-electron chi connectivity index (χ1n) is 8.84. The van der Waals surface area contributed by atoms with Crippen molar-refractivity contribution in [2.45, 2.75) is 90.1 Å². The summed E-state index contributed by atoms with van der Waals surface area (Å²) in [5.74, 6) is -1.56. The molecule has 0 saturated carbocycles. The average molecular weight is 342 g/mol. The average Bonchev–Trinajstić information content (AvgIpc) is 2.52. The summed E-state index contributed by atoms with van der Waals surface area (Å²) in [6, 6.07) is 0. The van der Waals surface area contributed by atoms with Crippen molar-refractivity contribution in [1.82, 2.24) is 0 Å². The molecule has 6 nitrogen and oxygen atoms in total. The molecule has 0 spiro atoms. The topological polar surface area (TPSA) is 109 Å². The number of ketones is 3. The Labute approximate surface area is 143 Å². The number of carbonyl (C=O) groups is 4. The van der Waals surface area contributed by atoms with Crippen LogP contribution in [0.4, 0.5) is 0 Å². The molecular weight excluding hydrogens is 312 g/mol. The third-order valence-electron chi connectivity index (χ3n) is 3.88. The second kappa shape index (κ2) is 13.8. The second-order valence-corrected chi connectivity index (χ2v) is 6.15. The van der Waals surface area contributed by atoms with Crippen LogP contribution in [0.2, 0.25) is 0 Å². The smallest absolute Gasteiger partial charge is 0.303 e. The van der Waals surface area contributed by atoms with Gasteiger partial charge in [-0.15, -0.1) is 0 Å². The Bertz CT molecular complexity index is 416. The van der Waals surface area contributed by atoms with E-state index in [-0.39, 0.29) is 37.2 Å². The van der Waals surface area contributed by atoms with E-state index in [0.29, 0.717) is 25.7 Å². The number of hydrogen-bond acceptors (Lipinski definition) is 5. The zero-order chi connectivity index (χ0) is 18.4. The van der Waals surface area contributed by atoms with Crippen LogP contribution in [0.5, 0.6) is 0 Å². The van der Waals surface area contributed by atoms with E-state index < -0.39 is 17.9 Å². The first-order chi connectivity index (χ1) is 11.4. The SMILES string of the molecule is CCC(=O)C(=O)CCCC(O)CC(=O)CCCCCCCC(=O)O. The molecule has 0 rings (SSSR count). The van der Waals surface area contributed by atoms with Crippen molar-refractivity contribution in [1.29, 1.82) is 0 Å². The lowest BCUT2D eigenvalue weighted by Crippen LogP contribution is -2.16. The van der Waals surface area contributed by atoms with Gasteiger partial charge in [0.1, 0.15) is 5.78 Å². The van der Waals surface area contributed by atoms with E-state index in [1.165, 1.54) is 0 Å². The number of carboxylic acids is 1. The predicted octanol–water partition coefficient (Wildman–Crippen LogP) is 2.84. The van der Waals surface area contributed by atoms with E-state index in [1.54, 1.807) is 6.92 Å². The van der Waals surface area contributed by atoms with Crippen LogP contribution in [0.3, 0.4) is 0 Å². The standard InChI is InChI=1S/C18H30O6/c1-2-16(21)17(22)11-8-10-15(20)13-14(19)9-6-4-3-5-7-12-18(23)24/h15,20H,2-13H2,1H3,(H,23,24). The van der Waals surface area contributed by atoms with Gasteiger partial charge in [0.2, 0.25) is 0 Å². The monoisotopic (exact) mass is 342 g/mol. The van der Waals surface area contributed by atoms with Crippen LogP contribution in [0, 0.1) is 0 Å². The van der Waals surface area contributed by atoms with Crippen molar-refractivity contribution in [3.05, 3.63) is 0 Å². The first kappa shape index (κ1) is 22.4. The molecule has 1 unspecified atom stereocenters. The molecule has 0 bridgehead atoms. The highest BCUT2D eigenvalue weighted by molar-refractivity contribution is 6.37. The normalized spacial score (nSPS) is 11.9. The molecule has 0 saturated heterocycles. The zero-order valence-corrected chi connectivity index (χ0v) is 14.6. The molecule has 0 aromatic rings. The van der Waals surface area contributed by atoms with Crippen LogP contribution >= 0.6 is 0 Å². The maximum absolute atomic E-state index is 11.7. The summed E-state index contributed by atoms with van der Waals surface area (Å²) in [6.45, 7) is 1.64. The number of aliphatic hydroxyl groups excluding tert-OH is 1. The molecule has 0 aromatic heterocycles. The number of hydrogen-bond donors (Lipinski definition) is 2. The summed E-state index contributed by atoms with van der Waals surface area (Å²) in [5, 5.41) is 18.3. The highest BCUT2D eigenvalue weighted by atomic mass is 16.4. The van der Waals surface area contributed by atoms with Crippen LogP contribution in [0.15, 0.2) is 0 Å². The van der Waals surface area contributed by atoms with Gasteiger partial charge in [0, 0.05) is 32.1 Å². The largest absolute Gasteiger partial charge is 0.481 e. The fourth-order valence-electron chi connectivity index (χ4n) is 2.43. The number of aliphatic carboxylic acids is 1. The molecule has 1 atom stereocenters. The second-order valence-electron chi connectivity index (χ2n) is 6.15. The van der Waals surface area contributed by atoms with Crippen LogP contribution in [-0.4, -0.2) is 39.6 Å². The summed E-state index contributed by atoms with van der Waals surface area (Å²) in [5.41, 5.74) is 0. The molecular formula is C18H30O6. The highest BCUT2D eigenvalue weighted by Gasteiger charge is 2.14. The third kappa shape index (κ3) is 12.9. The molecule has 6 heteroatoms. The molecule has 0 radical (unpaired) electrons. The van der Waals surface area contributed by atoms with Gasteiger partial charge in [-0.2, -0.15) is 0 Å². The molecule has 138 valence electrons. The predicted molar refractivity (Wildman–Crippen MR) is 89.7 cm³/mol. The minimum Gasteiger partial charge on any atom is -0.481 e. The van der Waals surface area contributed by atoms with Crippen molar-refractivity contribution < 1.29 is 29.4 Å². The number of rotatable bonds is 16. The van der Waals surface area contributed by atoms with Crippen LogP contribution in [-0.2, 0) is 19.2 Å². The van der Waals surface area contributed by atoms with Crippen molar-refractivity contribution >= 4 is 23.3 Å². The summed E-state index contributed by atoms with van der Waals surface area (Å²) in [6.07, 6.45) is 5.13. The van der Waals surface area contributed by atoms with Crippen molar-refractivity contribution in [2.24, 2.45) is 0 Å².